The maximum absolute atomic E-state index is 12.8. The number of benzene rings is 2. The van der Waals surface area contributed by atoms with Crippen LogP contribution >= 0.6 is 23.5 Å². The van der Waals surface area contributed by atoms with Crippen molar-refractivity contribution < 1.29 is 32.2 Å². The van der Waals surface area contributed by atoms with Gasteiger partial charge in [0, 0.05) is 16.0 Å². The van der Waals surface area contributed by atoms with Crippen molar-refractivity contribution in [3.8, 4) is 11.5 Å². The van der Waals surface area contributed by atoms with Gasteiger partial charge in [0.2, 0.25) is 0 Å². The summed E-state index contributed by atoms with van der Waals surface area (Å²) >= 11 is 4.77. The van der Waals surface area contributed by atoms with E-state index >= 15 is 0 Å². The first kappa shape index (κ1) is 43.3. The Kier molecular flexibility index (Phi) is 14.9. The van der Waals surface area contributed by atoms with Gasteiger partial charge in [0.05, 0.1) is 0 Å². The van der Waals surface area contributed by atoms with Crippen molar-refractivity contribution >= 4 is 67.8 Å². The monoisotopic (exact) mass is 706 g/mol. The minimum absolute atomic E-state index is 0.134. The van der Waals surface area contributed by atoms with Gasteiger partial charge in [-0.25, -0.2) is 0 Å². The van der Waals surface area contributed by atoms with Crippen molar-refractivity contribution in [3.05, 3.63) is 46.5 Å². The van der Waals surface area contributed by atoms with Crippen molar-refractivity contribution in [3.63, 3.8) is 0 Å². The Morgan fingerprint density at radius 1 is 0.696 bits per heavy atom. The second-order valence-corrected chi connectivity index (χ2v) is 21.9. The molecule has 46 heavy (non-hydrogen) atoms. The van der Waals surface area contributed by atoms with Gasteiger partial charge in [0.25, 0.3) is 0 Å². The molecule has 0 aromatic heterocycles. The first-order valence-electron chi connectivity index (χ1n) is 15.7. The average molecular weight is 707 g/mol. The number of hydrogen-bond acceptors (Lipinski definition) is 7. The molecule has 0 amide bonds. The van der Waals surface area contributed by atoms with Crippen LogP contribution in [0.5, 0.6) is 11.5 Å². The van der Waals surface area contributed by atoms with Crippen LogP contribution in [0.25, 0.3) is 0 Å². The molecule has 0 bridgehead atoms. The van der Waals surface area contributed by atoms with Crippen LogP contribution < -0.4 is 4.74 Å². The van der Waals surface area contributed by atoms with E-state index in [4.69, 9.17) is 22.3 Å². The number of hydrogen-bond donors (Lipinski definition) is 3. The number of esters is 1. The Balaban J connectivity index is 0.00000195. The van der Waals surface area contributed by atoms with Gasteiger partial charge < -0.3 is 5.11 Å². The Morgan fingerprint density at radius 2 is 1.00 bits per heavy atom. The molecule has 11 heteroatoms. The summed E-state index contributed by atoms with van der Waals surface area (Å²) in [6.45, 7) is 30.6. The quantitative estimate of drug-likeness (QED) is 0.0615. The average Bonchev–Trinajstić information content (AvgIpc) is 2.80. The van der Waals surface area contributed by atoms with Gasteiger partial charge >= 0.3 is 198 Å². The number of rotatable bonds is 8. The van der Waals surface area contributed by atoms with E-state index in [0.717, 1.165) is 70.9 Å². The van der Waals surface area contributed by atoms with Gasteiger partial charge in [0.15, 0.2) is 0 Å². The van der Waals surface area contributed by atoms with E-state index in [1.54, 1.807) is 0 Å². The van der Waals surface area contributed by atoms with Gasteiger partial charge in [-0.15, -0.1) is 0 Å². The predicted molar refractivity (Wildman–Crippen MR) is 195 cm³/mol. The van der Waals surface area contributed by atoms with Crippen LogP contribution in [0.3, 0.4) is 0 Å². The van der Waals surface area contributed by atoms with Crippen LogP contribution in [-0.4, -0.2) is 60.6 Å². The molecule has 2 rings (SSSR count). The molecule has 256 valence electrons. The van der Waals surface area contributed by atoms with Crippen molar-refractivity contribution in [2.24, 2.45) is 0 Å². The summed E-state index contributed by atoms with van der Waals surface area (Å²) in [4.78, 5) is 15.2. The second kappa shape index (κ2) is 15.9. The molecule has 0 heterocycles. The van der Waals surface area contributed by atoms with Gasteiger partial charge in [-0.3, -0.25) is 9.11 Å². The summed E-state index contributed by atoms with van der Waals surface area (Å²) in [5.41, 5.74) is 3.37. The summed E-state index contributed by atoms with van der Waals surface area (Å²) in [7, 11) is -4.67. The standard InChI is InChI=1S/C35H53O3S2.Na.H2O4S/c1-16-17-28(36)38-30-26(33(8,9)10)20-23(21-27(30)34(11,12)13)40-35(14,15)39-22-18-24(31(2,3)4)29(37)25(19-22)32(5,6)7;;1-5(2,3)4/h18-21,37H,1,16-17H2,2-15H3;;(H2,1,2,3,4). The number of carbonyl (C=O) groups excluding carboxylic acids is 1. The zero-order chi connectivity index (χ0) is 36.3. The SMILES string of the molecule is CC(C)(Sc1cc(C(C)(C)C)c(O)c(C(C)(C)C)c1)Sc1cc(C(C)(C)C)c(OC(=O)CC[CH2][Na])c(C(C)(C)C)c1.O=S(=O)(O)O. The first-order chi connectivity index (χ1) is 20.4. The molecule has 0 fully saturated rings. The van der Waals surface area contributed by atoms with Crippen LogP contribution in [-0.2, 0) is 36.9 Å². The van der Waals surface area contributed by atoms with Gasteiger partial charge in [-0.05, 0) is 23.0 Å². The molecule has 0 unspecified atom stereocenters. The van der Waals surface area contributed by atoms with Crippen LogP contribution in [0.15, 0.2) is 34.1 Å². The molecule has 2 aromatic carbocycles. The first-order valence-corrected chi connectivity index (χ1v) is 20.2. The maximum atomic E-state index is 12.8. The summed E-state index contributed by atoms with van der Waals surface area (Å²) < 4.78 is 38.6. The number of carbonyl (C=O) groups is 1. The molecule has 0 radical (unpaired) electrons. The summed E-state index contributed by atoms with van der Waals surface area (Å²) in [5, 5.41) is 11.2. The number of aromatic hydroxyl groups is 1. The molecule has 0 atom stereocenters. The molecular weight excluding hydrogens is 652 g/mol. The van der Waals surface area contributed by atoms with E-state index in [1.807, 2.05) is 23.5 Å². The molecule has 7 nitrogen and oxygen atoms in total. The van der Waals surface area contributed by atoms with Crippen LogP contribution in [0.1, 0.15) is 132 Å². The smallest absolute Gasteiger partial charge is 0.264 e. The number of ether oxygens (including phenoxy) is 1. The predicted octanol–water partition coefficient (Wildman–Crippen LogP) is 9.82. The molecular formula is C35H55NaO7S3. The molecule has 0 aliphatic heterocycles. The topological polar surface area (TPSA) is 121 Å². The molecule has 0 aliphatic carbocycles. The Bertz CT molecular complexity index is 1390. The zero-order valence-electron chi connectivity index (χ0n) is 30.6. The van der Waals surface area contributed by atoms with Gasteiger partial charge in [-0.2, -0.15) is 8.42 Å². The molecule has 0 saturated heterocycles. The van der Waals surface area contributed by atoms with E-state index in [1.165, 1.54) is 4.90 Å². The number of phenols is 1. The van der Waals surface area contributed by atoms with E-state index in [0.29, 0.717) is 12.2 Å². The van der Waals surface area contributed by atoms with Crippen LogP contribution in [0.2, 0.25) is 3.67 Å². The van der Waals surface area contributed by atoms with Crippen molar-refractivity contribution in [2.45, 2.75) is 149 Å². The number of phenolic OH excluding ortho intramolecular Hbond substituents is 1. The fourth-order valence-corrected chi connectivity index (χ4v) is 7.71. The van der Waals surface area contributed by atoms with E-state index < -0.39 is 10.4 Å². The van der Waals surface area contributed by atoms with Gasteiger partial charge in [0.1, 0.15) is 5.75 Å². The van der Waals surface area contributed by atoms with Crippen molar-refractivity contribution in [1.29, 1.82) is 0 Å². The molecule has 0 saturated carbocycles. The zero-order valence-corrected chi connectivity index (χ0v) is 35.1. The van der Waals surface area contributed by atoms with E-state index in [-0.39, 0.29) is 31.7 Å². The Hall–Kier alpha value is -0.720. The third-order valence-electron chi connectivity index (χ3n) is 7.06. The number of thioether (sulfide) groups is 2. The van der Waals surface area contributed by atoms with E-state index in [9.17, 15) is 9.90 Å². The molecule has 2 aromatic rings. The third kappa shape index (κ3) is 14.4. The van der Waals surface area contributed by atoms with Crippen LogP contribution in [0, 0.1) is 0 Å². The van der Waals surface area contributed by atoms with Crippen molar-refractivity contribution in [2.75, 3.05) is 0 Å². The minimum Gasteiger partial charge on any atom is -0.264 e. The van der Waals surface area contributed by atoms with Gasteiger partial charge in [-0.1, -0.05) is 41.5 Å². The summed E-state index contributed by atoms with van der Waals surface area (Å²) in [6, 6.07) is 8.80. The summed E-state index contributed by atoms with van der Waals surface area (Å²) in [5.74, 6) is 1.02. The van der Waals surface area contributed by atoms with Crippen LogP contribution in [0.4, 0.5) is 0 Å². The molecule has 0 aliphatic rings. The fourth-order valence-electron chi connectivity index (χ4n) is 4.77. The Morgan fingerprint density at radius 3 is 1.28 bits per heavy atom. The second-order valence-electron chi connectivity index (χ2n) is 16.3. The summed E-state index contributed by atoms with van der Waals surface area (Å²) in [6.07, 6.45) is 1.36. The fraction of sp³-hybridized carbons (Fsp3) is 0.629. The molecule has 3 N–H and O–H groups in total. The largest absolute Gasteiger partial charge is 0.394 e. The normalized spacial score (nSPS) is 13.3. The maximum Gasteiger partial charge on any atom is 0.394 e. The van der Waals surface area contributed by atoms with E-state index in [2.05, 4.69) is 121 Å². The molecule has 0 spiro atoms. The Labute approximate surface area is 304 Å². The minimum atomic E-state index is -4.67. The third-order valence-corrected chi connectivity index (χ3v) is 10.2. The van der Waals surface area contributed by atoms with Crippen molar-refractivity contribution in [1.82, 2.24) is 0 Å².